The lowest BCUT2D eigenvalue weighted by atomic mass is 10.0. The Kier molecular flexibility index (Phi) is 4.24. The average Bonchev–Trinajstić information content (AvgIpc) is 2.84. The third-order valence-corrected chi connectivity index (χ3v) is 4.41. The Hall–Kier alpha value is -1.42. The zero-order chi connectivity index (χ0) is 14.8. The van der Waals surface area contributed by atoms with Crippen LogP contribution >= 0.6 is 0 Å². The summed E-state index contributed by atoms with van der Waals surface area (Å²) in [6.07, 6.45) is 5.43. The van der Waals surface area contributed by atoms with Gasteiger partial charge in [0.05, 0.1) is 0 Å². The van der Waals surface area contributed by atoms with Crippen LogP contribution in [0.3, 0.4) is 0 Å². The minimum absolute atomic E-state index is 0.521. The molecule has 0 amide bonds. The molecule has 0 spiro atoms. The minimum Gasteiger partial charge on any atom is -0.308 e. The van der Waals surface area contributed by atoms with Crippen molar-refractivity contribution in [2.75, 3.05) is 19.6 Å². The molecule has 114 valence electrons. The molecule has 1 unspecified atom stereocenters. The third kappa shape index (κ3) is 2.95. The first kappa shape index (κ1) is 14.5. The molecule has 2 aromatic heterocycles. The van der Waals surface area contributed by atoms with Gasteiger partial charge in [-0.25, -0.2) is 9.97 Å². The van der Waals surface area contributed by atoms with E-state index in [4.69, 9.17) is 4.98 Å². The highest BCUT2D eigenvalue weighted by Crippen LogP contribution is 2.28. The lowest BCUT2D eigenvalue weighted by Gasteiger charge is -2.33. The maximum atomic E-state index is 4.86. The predicted octanol–water partition coefficient (Wildman–Crippen LogP) is 3.29. The van der Waals surface area contributed by atoms with Gasteiger partial charge in [0.25, 0.3) is 0 Å². The van der Waals surface area contributed by atoms with Crippen molar-refractivity contribution < 1.29 is 0 Å². The molecular formula is C17H26N4. The Labute approximate surface area is 127 Å². The van der Waals surface area contributed by atoms with Crippen molar-refractivity contribution in [3.63, 3.8) is 0 Å². The first-order valence-corrected chi connectivity index (χ1v) is 8.23. The van der Waals surface area contributed by atoms with Crippen LogP contribution < -0.4 is 0 Å². The Morgan fingerprint density at radius 2 is 2.24 bits per heavy atom. The van der Waals surface area contributed by atoms with Crippen LogP contribution in [0.1, 0.15) is 45.5 Å². The van der Waals surface area contributed by atoms with Crippen molar-refractivity contribution in [2.45, 2.75) is 46.1 Å². The normalized spacial score (nSPS) is 20.5. The third-order valence-electron chi connectivity index (χ3n) is 4.41. The number of fused-ring (bicyclic) bond motifs is 1. The summed E-state index contributed by atoms with van der Waals surface area (Å²) in [7, 11) is 0. The van der Waals surface area contributed by atoms with Gasteiger partial charge in [0, 0.05) is 25.2 Å². The predicted molar refractivity (Wildman–Crippen MR) is 86.5 cm³/mol. The molecule has 1 atom stereocenters. The standard InChI is InChI=1S/C17H26N4/c1-4-20-10-6-7-14(12-20)21-16(11-13(2)3)19-15-8-5-9-18-17(15)21/h5,8-9,13-14H,4,6-7,10-12H2,1-3H3. The number of likely N-dealkylation sites (N-methyl/N-ethyl adjacent to an activating group) is 1. The van der Waals surface area contributed by atoms with E-state index in [1.165, 1.54) is 25.2 Å². The van der Waals surface area contributed by atoms with Crippen LogP contribution in [0.2, 0.25) is 0 Å². The van der Waals surface area contributed by atoms with Crippen molar-refractivity contribution in [2.24, 2.45) is 5.92 Å². The molecule has 1 aliphatic heterocycles. The van der Waals surface area contributed by atoms with E-state index in [0.29, 0.717) is 12.0 Å². The number of likely N-dealkylation sites (tertiary alicyclic amines) is 1. The molecule has 2 aromatic rings. The molecule has 0 saturated carbocycles. The Bertz CT molecular complexity index is 602. The molecule has 3 heterocycles. The topological polar surface area (TPSA) is 34.0 Å². The van der Waals surface area contributed by atoms with E-state index in [1.54, 1.807) is 0 Å². The van der Waals surface area contributed by atoms with E-state index in [1.807, 2.05) is 12.3 Å². The van der Waals surface area contributed by atoms with E-state index < -0.39 is 0 Å². The van der Waals surface area contributed by atoms with Crippen LogP contribution in [-0.4, -0.2) is 39.1 Å². The molecule has 1 aliphatic rings. The molecule has 21 heavy (non-hydrogen) atoms. The molecule has 0 aromatic carbocycles. The second-order valence-corrected chi connectivity index (χ2v) is 6.53. The Balaban J connectivity index is 2.01. The lowest BCUT2D eigenvalue weighted by Crippen LogP contribution is -2.37. The number of rotatable bonds is 4. The van der Waals surface area contributed by atoms with Gasteiger partial charge in [-0.2, -0.15) is 0 Å². The fraction of sp³-hybridized carbons (Fsp3) is 0.647. The van der Waals surface area contributed by atoms with Crippen molar-refractivity contribution in [1.82, 2.24) is 19.4 Å². The molecule has 0 bridgehead atoms. The minimum atomic E-state index is 0.521. The molecule has 0 N–H and O–H groups in total. The van der Waals surface area contributed by atoms with Crippen molar-refractivity contribution in [3.8, 4) is 0 Å². The SMILES string of the molecule is CCN1CCCC(n2c(CC(C)C)nc3cccnc32)C1. The first-order valence-electron chi connectivity index (χ1n) is 8.23. The summed E-state index contributed by atoms with van der Waals surface area (Å²) < 4.78 is 2.43. The van der Waals surface area contributed by atoms with Crippen LogP contribution in [-0.2, 0) is 6.42 Å². The molecular weight excluding hydrogens is 260 g/mol. The van der Waals surface area contributed by atoms with E-state index in [9.17, 15) is 0 Å². The quantitative estimate of drug-likeness (QED) is 0.865. The number of hydrogen-bond donors (Lipinski definition) is 0. The summed E-state index contributed by atoms with van der Waals surface area (Å²) >= 11 is 0. The Morgan fingerprint density at radius 1 is 1.38 bits per heavy atom. The molecule has 4 nitrogen and oxygen atoms in total. The van der Waals surface area contributed by atoms with Gasteiger partial charge in [0.2, 0.25) is 0 Å². The van der Waals surface area contributed by atoms with Gasteiger partial charge in [-0.15, -0.1) is 0 Å². The molecule has 0 radical (unpaired) electrons. The second-order valence-electron chi connectivity index (χ2n) is 6.53. The van der Waals surface area contributed by atoms with Crippen molar-refractivity contribution in [1.29, 1.82) is 0 Å². The highest BCUT2D eigenvalue weighted by atomic mass is 15.2. The molecule has 4 heteroatoms. The molecule has 1 saturated heterocycles. The Morgan fingerprint density at radius 3 is 3.00 bits per heavy atom. The van der Waals surface area contributed by atoms with Gasteiger partial charge in [-0.3, -0.25) is 0 Å². The zero-order valence-electron chi connectivity index (χ0n) is 13.4. The summed E-state index contributed by atoms with van der Waals surface area (Å²) in [6, 6.07) is 4.59. The smallest absolute Gasteiger partial charge is 0.160 e. The average molecular weight is 286 g/mol. The van der Waals surface area contributed by atoms with Crippen LogP contribution in [0.25, 0.3) is 11.2 Å². The number of nitrogens with zero attached hydrogens (tertiary/aromatic N) is 4. The van der Waals surface area contributed by atoms with E-state index in [2.05, 4.69) is 41.3 Å². The van der Waals surface area contributed by atoms with E-state index >= 15 is 0 Å². The second kappa shape index (κ2) is 6.14. The number of pyridine rings is 1. The number of aromatic nitrogens is 3. The maximum Gasteiger partial charge on any atom is 0.160 e. The number of piperidine rings is 1. The largest absolute Gasteiger partial charge is 0.308 e. The van der Waals surface area contributed by atoms with Gasteiger partial charge < -0.3 is 9.47 Å². The van der Waals surface area contributed by atoms with Crippen LogP contribution in [0.15, 0.2) is 18.3 Å². The summed E-state index contributed by atoms with van der Waals surface area (Å²) in [5.74, 6) is 1.83. The van der Waals surface area contributed by atoms with Gasteiger partial charge in [0.15, 0.2) is 5.65 Å². The summed E-state index contributed by atoms with van der Waals surface area (Å²) in [5.41, 5.74) is 2.11. The lowest BCUT2D eigenvalue weighted by molar-refractivity contribution is 0.185. The van der Waals surface area contributed by atoms with Crippen LogP contribution in [0, 0.1) is 5.92 Å². The van der Waals surface area contributed by atoms with Crippen LogP contribution in [0.5, 0.6) is 0 Å². The van der Waals surface area contributed by atoms with Crippen molar-refractivity contribution in [3.05, 3.63) is 24.2 Å². The first-order chi connectivity index (χ1) is 10.2. The van der Waals surface area contributed by atoms with Gasteiger partial charge in [-0.1, -0.05) is 20.8 Å². The molecule has 3 rings (SSSR count). The molecule has 1 fully saturated rings. The van der Waals surface area contributed by atoms with Gasteiger partial charge in [-0.05, 0) is 44.0 Å². The number of hydrogen-bond acceptors (Lipinski definition) is 3. The molecule has 0 aliphatic carbocycles. The van der Waals surface area contributed by atoms with Gasteiger partial charge >= 0.3 is 0 Å². The van der Waals surface area contributed by atoms with E-state index in [0.717, 1.165) is 30.7 Å². The summed E-state index contributed by atoms with van der Waals surface area (Å²) in [6.45, 7) is 10.3. The van der Waals surface area contributed by atoms with Crippen LogP contribution in [0.4, 0.5) is 0 Å². The number of imidazole rings is 1. The highest BCUT2D eigenvalue weighted by molar-refractivity contribution is 5.71. The maximum absolute atomic E-state index is 4.86. The zero-order valence-corrected chi connectivity index (χ0v) is 13.4. The monoisotopic (exact) mass is 286 g/mol. The summed E-state index contributed by atoms with van der Waals surface area (Å²) in [4.78, 5) is 12.0. The fourth-order valence-electron chi connectivity index (χ4n) is 3.40. The highest BCUT2D eigenvalue weighted by Gasteiger charge is 2.25. The fourth-order valence-corrected chi connectivity index (χ4v) is 3.40. The van der Waals surface area contributed by atoms with E-state index in [-0.39, 0.29) is 0 Å². The van der Waals surface area contributed by atoms with Crippen molar-refractivity contribution >= 4 is 11.2 Å². The van der Waals surface area contributed by atoms with Gasteiger partial charge in [0.1, 0.15) is 11.3 Å². The summed E-state index contributed by atoms with van der Waals surface area (Å²) in [5, 5.41) is 0.